The van der Waals surface area contributed by atoms with Gasteiger partial charge in [0, 0.05) is 61.2 Å². The number of nitrogens with zero attached hydrogens (tertiary/aromatic N) is 3. The molecule has 0 spiro atoms. The SMILES string of the molecule is CC1(c2noc(C3CCOCC3)n2)CCCN(C(=O)CCCc2c[nH]c3ccccc23)C1. The van der Waals surface area contributed by atoms with Crippen molar-refractivity contribution in [1.29, 1.82) is 0 Å². The molecule has 4 heterocycles. The zero-order chi connectivity index (χ0) is 22.0. The van der Waals surface area contributed by atoms with Gasteiger partial charge >= 0.3 is 0 Å². The molecular formula is C25H32N4O3. The largest absolute Gasteiger partial charge is 0.381 e. The number of H-pyrrole nitrogens is 1. The first-order chi connectivity index (χ1) is 15.6. The molecule has 1 unspecified atom stereocenters. The van der Waals surface area contributed by atoms with E-state index in [1.165, 1.54) is 10.9 Å². The second-order valence-corrected chi connectivity index (χ2v) is 9.54. The third kappa shape index (κ3) is 4.31. The molecule has 2 aromatic heterocycles. The summed E-state index contributed by atoms with van der Waals surface area (Å²) in [6.45, 7) is 5.13. The highest BCUT2D eigenvalue weighted by atomic mass is 16.5. The lowest BCUT2D eigenvalue weighted by Crippen LogP contribution is -2.47. The number of hydrogen-bond acceptors (Lipinski definition) is 5. The van der Waals surface area contributed by atoms with Gasteiger partial charge in [0.2, 0.25) is 11.8 Å². The van der Waals surface area contributed by atoms with Gasteiger partial charge in [-0.25, -0.2) is 0 Å². The molecular weight excluding hydrogens is 404 g/mol. The van der Waals surface area contributed by atoms with Crippen molar-refractivity contribution >= 4 is 16.8 Å². The van der Waals surface area contributed by atoms with Crippen LogP contribution in [0.2, 0.25) is 0 Å². The predicted octanol–water partition coefficient (Wildman–Crippen LogP) is 4.35. The zero-order valence-corrected chi connectivity index (χ0v) is 18.8. The summed E-state index contributed by atoms with van der Waals surface area (Å²) in [4.78, 5) is 23.1. The van der Waals surface area contributed by atoms with Gasteiger partial charge in [-0.15, -0.1) is 0 Å². The molecule has 0 radical (unpaired) electrons. The van der Waals surface area contributed by atoms with Gasteiger partial charge in [0.1, 0.15) is 0 Å². The molecule has 7 heteroatoms. The van der Waals surface area contributed by atoms with E-state index in [0.717, 1.165) is 75.5 Å². The Kier molecular flexibility index (Phi) is 6.00. The number of ether oxygens (including phenoxy) is 1. The number of carbonyl (C=O) groups excluding carboxylic acids is 1. The fourth-order valence-electron chi connectivity index (χ4n) is 5.15. The van der Waals surface area contributed by atoms with Gasteiger partial charge in [0.25, 0.3) is 0 Å². The maximum absolute atomic E-state index is 13.0. The number of hydrogen-bond donors (Lipinski definition) is 1. The second kappa shape index (κ2) is 9.06. The average Bonchev–Trinajstić information content (AvgIpc) is 3.48. The Balaban J connectivity index is 1.18. The van der Waals surface area contributed by atoms with E-state index >= 15 is 0 Å². The predicted molar refractivity (Wildman–Crippen MR) is 121 cm³/mol. The van der Waals surface area contributed by atoms with Crippen molar-refractivity contribution in [3.8, 4) is 0 Å². The summed E-state index contributed by atoms with van der Waals surface area (Å²) in [5.41, 5.74) is 2.18. The molecule has 7 nitrogen and oxygen atoms in total. The fourth-order valence-corrected chi connectivity index (χ4v) is 5.15. The van der Waals surface area contributed by atoms with Crippen LogP contribution < -0.4 is 0 Å². The van der Waals surface area contributed by atoms with Crippen molar-refractivity contribution < 1.29 is 14.1 Å². The van der Waals surface area contributed by atoms with Crippen LogP contribution in [0.5, 0.6) is 0 Å². The minimum atomic E-state index is -0.252. The summed E-state index contributed by atoms with van der Waals surface area (Å²) in [6.07, 6.45) is 8.18. The van der Waals surface area contributed by atoms with Crippen molar-refractivity contribution in [2.75, 3.05) is 26.3 Å². The van der Waals surface area contributed by atoms with E-state index < -0.39 is 0 Å². The molecule has 0 aliphatic carbocycles. The van der Waals surface area contributed by atoms with E-state index in [9.17, 15) is 4.79 Å². The molecule has 3 aromatic rings. The zero-order valence-electron chi connectivity index (χ0n) is 18.8. The third-order valence-corrected chi connectivity index (χ3v) is 7.11. The Labute approximate surface area is 188 Å². The number of benzene rings is 1. The maximum Gasteiger partial charge on any atom is 0.229 e. The van der Waals surface area contributed by atoms with Crippen LogP contribution in [0.15, 0.2) is 35.0 Å². The number of carbonyl (C=O) groups is 1. The van der Waals surface area contributed by atoms with Gasteiger partial charge in [-0.1, -0.05) is 30.3 Å². The van der Waals surface area contributed by atoms with Gasteiger partial charge in [-0.2, -0.15) is 4.98 Å². The van der Waals surface area contributed by atoms with Gasteiger partial charge in [0.15, 0.2) is 5.82 Å². The second-order valence-electron chi connectivity index (χ2n) is 9.54. The normalized spacial score (nSPS) is 22.5. The number of nitrogens with one attached hydrogen (secondary N) is 1. The molecule has 2 aliphatic heterocycles. The fraction of sp³-hybridized carbons (Fsp3) is 0.560. The van der Waals surface area contributed by atoms with Gasteiger partial charge < -0.3 is 19.1 Å². The molecule has 1 aromatic carbocycles. The molecule has 0 bridgehead atoms. The smallest absolute Gasteiger partial charge is 0.229 e. The molecule has 2 saturated heterocycles. The Morgan fingerprint density at radius 2 is 2.12 bits per heavy atom. The topological polar surface area (TPSA) is 84.2 Å². The van der Waals surface area contributed by atoms with E-state index in [1.807, 2.05) is 11.0 Å². The molecule has 1 N–H and O–H groups in total. The van der Waals surface area contributed by atoms with E-state index in [-0.39, 0.29) is 11.3 Å². The lowest BCUT2D eigenvalue weighted by Gasteiger charge is -2.38. The van der Waals surface area contributed by atoms with Crippen LogP contribution in [0.4, 0.5) is 0 Å². The van der Waals surface area contributed by atoms with Gasteiger partial charge in [-0.05, 0) is 50.2 Å². The van der Waals surface area contributed by atoms with E-state index in [1.54, 1.807) is 0 Å². The Morgan fingerprint density at radius 1 is 1.28 bits per heavy atom. The van der Waals surface area contributed by atoms with Crippen molar-refractivity contribution in [2.45, 2.75) is 63.2 Å². The third-order valence-electron chi connectivity index (χ3n) is 7.11. The highest BCUT2D eigenvalue weighted by molar-refractivity contribution is 5.83. The van der Waals surface area contributed by atoms with E-state index in [2.05, 4.69) is 41.5 Å². The first-order valence-electron chi connectivity index (χ1n) is 11.9. The van der Waals surface area contributed by atoms with E-state index in [0.29, 0.717) is 18.9 Å². The number of aromatic amines is 1. The lowest BCUT2D eigenvalue weighted by molar-refractivity contribution is -0.133. The number of rotatable bonds is 6. The first-order valence-corrected chi connectivity index (χ1v) is 11.9. The monoisotopic (exact) mass is 436 g/mol. The number of likely N-dealkylation sites (tertiary alicyclic amines) is 1. The highest BCUT2D eigenvalue weighted by Gasteiger charge is 2.39. The molecule has 0 saturated carbocycles. The van der Waals surface area contributed by atoms with Gasteiger partial charge in [-0.3, -0.25) is 4.79 Å². The molecule has 2 aliphatic rings. The lowest BCUT2D eigenvalue weighted by atomic mass is 9.81. The number of para-hydroxylation sites is 1. The summed E-state index contributed by atoms with van der Waals surface area (Å²) in [7, 11) is 0. The molecule has 1 amide bonds. The number of fused-ring (bicyclic) bond motifs is 1. The Bertz CT molecular complexity index is 1070. The number of aromatic nitrogens is 3. The summed E-state index contributed by atoms with van der Waals surface area (Å²) in [5.74, 6) is 1.99. The number of piperidine rings is 1. The first kappa shape index (κ1) is 21.2. The summed E-state index contributed by atoms with van der Waals surface area (Å²) in [5, 5.41) is 5.59. The number of amides is 1. The average molecular weight is 437 g/mol. The van der Waals surface area contributed by atoms with Crippen LogP contribution >= 0.6 is 0 Å². The quantitative estimate of drug-likeness (QED) is 0.621. The van der Waals surface area contributed by atoms with Gasteiger partial charge in [0.05, 0.1) is 0 Å². The Morgan fingerprint density at radius 3 is 3.00 bits per heavy atom. The summed E-state index contributed by atoms with van der Waals surface area (Å²) < 4.78 is 11.1. The van der Waals surface area contributed by atoms with Crippen molar-refractivity contribution in [2.24, 2.45) is 0 Å². The molecule has 1 atom stereocenters. The summed E-state index contributed by atoms with van der Waals surface area (Å²) >= 11 is 0. The van der Waals surface area contributed by atoms with Crippen LogP contribution in [-0.2, 0) is 21.4 Å². The van der Waals surface area contributed by atoms with Crippen LogP contribution in [-0.4, -0.2) is 52.2 Å². The van der Waals surface area contributed by atoms with Crippen LogP contribution in [0.1, 0.15) is 68.6 Å². The highest BCUT2D eigenvalue weighted by Crippen LogP contribution is 2.34. The summed E-state index contributed by atoms with van der Waals surface area (Å²) in [6, 6.07) is 8.32. The van der Waals surface area contributed by atoms with Crippen LogP contribution in [0.3, 0.4) is 0 Å². The van der Waals surface area contributed by atoms with Crippen molar-refractivity contribution in [3.63, 3.8) is 0 Å². The maximum atomic E-state index is 13.0. The molecule has 32 heavy (non-hydrogen) atoms. The van der Waals surface area contributed by atoms with Crippen LogP contribution in [0, 0.1) is 0 Å². The standard InChI is InChI=1S/C25H32N4O3/c1-25(24-27-23(32-28-24)18-10-14-31-15-11-18)12-5-13-29(17-25)22(30)9-4-6-19-16-26-21-8-3-2-7-20(19)21/h2-3,7-8,16,18,26H,4-6,9-15,17H2,1H3. The Hall–Kier alpha value is -2.67. The van der Waals surface area contributed by atoms with Crippen molar-refractivity contribution in [1.82, 2.24) is 20.0 Å². The number of aryl methyl sites for hydroxylation is 1. The minimum Gasteiger partial charge on any atom is -0.381 e. The molecule has 5 rings (SSSR count). The van der Waals surface area contributed by atoms with E-state index in [4.69, 9.17) is 14.2 Å². The van der Waals surface area contributed by atoms with Crippen molar-refractivity contribution in [3.05, 3.63) is 47.7 Å². The minimum absolute atomic E-state index is 0.226. The molecule has 2 fully saturated rings. The molecule has 170 valence electrons. The van der Waals surface area contributed by atoms with Crippen LogP contribution in [0.25, 0.3) is 10.9 Å².